The molecule has 30 heavy (non-hydrogen) atoms. The van der Waals surface area contributed by atoms with Gasteiger partial charge in [0.2, 0.25) is 0 Å². The molecule has 1 aliphatic rings. The number of carbonyl (C=O) groups is 1. The fraction of sp³-hybridized carbons (Fsp3) is 0.286. The number of hydrogen-bond donors (Lipinski definition) is 0. The number of amides is 1. The van der Waals surface area contributed by atoms with Crippen LogP contribution in [0.2, 0.25) is 0 Å². The number of nitrogens with zero attached hydrogens (tertiary/aromatic N) is 5. The fourth-order valence-corrected chi connectivity index (χ4v) is 4.47. The largest absolute Gasteiger partial charge is 0.339 e. The Morgan fingerprint density at radius 3 is 2.40 bits per heavy atom. The Balaban J connectivity index is 1.60. The van der Waals surface area contributed by atoms with Crippen molar-refractivity contribution in [2.24, 2.45) is 0 Å². The molecular formula is C21H21N5O3S. The molecule has 0 N–H and O–H groups in total. The molecule has 4 heterocycles. The molecule has 9 heteroatoms. The number of carbonyl (C=O) groups excluding carboxylic acids is 1. The number of rotatable bonds is 4. The number of pyridine rings is 2. The fourth-order valence-electron chi connectivity index (χ4n) is 3.63. The number of likely N-dealkylation sites (tertiary alicyclic amines) is 1. The van der Waals surface area contributed by atoms with Crippen LogP contribution in [0.25, 0.3) is 11.4 Å². The first-order valence-electron chi connectivity index (χ1n) is 9.60. The predicted molar refractivity (Wildman–Crippen MR) is 110 cm³/mol. The summed E-state index contributed by atoms with van der Waals surface area (Å²) in [6, 6.07) is 7.01. The highest BCUT2D eigenvalue weighted by Crippen LogP contribution is 2.32. The molecule has 3 aromatic heterocycles. The van der Waals surface area contributed by atoms with E-state index in [2.05, 4.69) is 19.9 Å². The second kappa shape index (κ2) is 8.27. The molecule has 8 nitrogen and oxygen atoms in total. The summed E-state index contributed by atoms with van der Waals surface area (Å²) in [5.74, 6) is 0.327. The standard InChI is InChI=1S/C21H21N5O3S/c1-30(28,29)18-14-24-20(17-3-2-8-23-13-17)25-19(18)15-6-11-26(12-7-15)21(27)16-4-9-22-10-5-16/h2-5,8-10,13-15H,6-7,11-12H2,1H3. The van der Waals surface area contributed by atoms with Crippen molar-refractivity contribution in [1.29, 1.82) is 0 Å². The normalized spacial score (nSPS) is 15.2. The van der Waals surface area contributed by atoms with E-state index in [1.54, 1.807) is 47.9 Å². The van der Waals surface area contributed by atoms with Crippen LogP contribution in [-0.4, -0.2) is 58.5 Å². The van der Waals surface area contributed by atoms with Crippen LogP contribution in [0.15, 0.2) is 60.1 Å². The summed E-state index contributed by atoms with van der Waals surface area (Å²) >= 11 is 0. The Bertz CT molecular complexity index is 1150. The SMILES string of the molecule is CS(=O)(=O)c1cnc(-c2cccnc2)nc1C1CCN(C(=O)c2ccncc2)CC1. The zero-order chi connectivity index (χ0) is 21.1. The van der Waals surface area contributed by atoms with Gasteiger partial charge < -0.3 is 4.90 Å². The van der Waals surface area contributed by atoms with E-state index in [9.17, 15) is 13.2 Å². The second-order valence-corrected chi connectivity index (χ2v) is 9.24. The summed E-state index contributed by atoms with van der Waals surface area (Å²) < 4.78 is 24.7. The number of hydrogen-bond acceptors (Lipinski definition) is 7. The van der Waals surface area contributed by atoms with Crippen molar-refractivity contribution in [1.82, 2.24) is 24.8 Å². The molecule has 3 aromatic rings. The highest BCUT2D eigenvalue weighted by atomic mass is 32.2. The molecule has 1 amide bonds. The van der Waals surface area contributed by atoms with Gasteiger partial charge in [0.25, 0.3) is 5.91 Å². The van der Waals surface area contributed by atoms with E-state index in [4.69, 9.17) is 0 Å². The van der Waals surface area contributed by atoms with E-state index >= 15 is 0 Å². The van der Waals surface area contributed by atoms with Crippen LogP contribution in [0.4, 0.5) is 0 Å². The van der Waals surface area contributed by atoms with E-state index in [-0.39, 0.29) is 16.7 Å². The van der Waals surface area contributed by atoms with Crippen molar-refractivity contribution in [2.75, 3.05) is 19.3 Å². The quantitative estimate of drug-likeness (QED) is 0.634. The number of piperidine rings is 1. The van der Waals surface area contributed by atoms with Crippen molar-refractivity contribution in [3.63, 3.8) is 0 Å². The van der Waals surface area contributed by atoms with Crippen LogP contribution in [0.5, 0.6) is 0 Å². The van der Waals surface area contributed by atoms with Crippen molar-refractivity contribution in [3.8, 4) is 11.4 Å². The zero-order valence-corrected chi connectivity index (χ0v) is 17.3. The molecular weight excluding hydrogens is 402 g/mol. The predicted octanol–water partition coefficient (Wildman–Crippen LogP) is 2.36. The first kappa shape index (κ1) is 20.1. The zero-order valence-electron chi connectivity index (χ0n) is 16.5. The van der Waals surface area contributed by atoms with Crippen molar-refractivity contribution >= 4 is 15.7 Å². The molecule has 1 saturated heterocycles. The maximum absolute atomic E-state index is 12.7. The van der Waals surface area contributed by atoms with Gasteiger partial charge in [-0.15, -0.1) is 0 Å². The first-order valence-corrected chi connectivity index (χ1v) is 11.5. The Kier molecular flexibility index (Phi) is 5.54. The Morgan fingerprint density at radius 1 is 1.03 bits per heavy atom. The van der Waals surface area contributed by atoms with Gasteiger partial charge in [-0.2, -0.15) is 0 Å². The minimum atomic E-state index is -3.48. The molecule has 4 rings (SSSR count). The molecule has 1 fully saturated rings. The summed E-state index contributed by atoms with van der Waals surface area (Å²) in [5, 5.41) is 0. The van der Waals surface area contributed by atoms with E-state index in [1.807, 2.05) is 6.07 Å². The molecule has 0 aliphatic carbocycles. The molecule has 0 saturated carbocycles. The number of aromatic nitrogens is 4. The second-order valence-electron chi connectivity index (χ2n) is 7.26. The molecule has 154 valence electrons. The molecule has 1 aliphatic heterocycles. The van der Waals surface area contributed by atoms with Crippen molar-refractivity contribution < 1.29 is 13.2 Å². The Morgan fingerprint density at radius 2 is 1.77 bits per heavy atom. The molecule has 0 radical (unpaired) electrons. The van der Waals surface area contributed by atoms with E-state index in [0.29, 0.717) is 43.0 Å². The summed E-state index contributed by atoms with van der Waals surface area (Å²) in [5.41, 5.74) is 1.84. The van der Waals surface area contributed by atoms with Crippen LogP contribution in [-0.2, 0) is 9.84 Å². The van der Waals surface area contributed by atoms with Gasteiger partial charge in [-0.05, 0) is 37.1 Å². The van der Waals surface area contributed by atoms with Gasteiger partial charge in [0.15, 0.2) is 15.7 Å². The third-order valence-electron chi connectivity index (χ3n) is 5.20. The first-order chi connectivity index (χ1) is 14.4. The molecule has 0 unspecified atom stereocenters. The van der Waals surface area contributed by atoms with Crippen LogP contribution in [0.1, 0.15) is 34.8 Å². The highest BCUT2D eigenvalue weighted by Gasteiger charge is 2.29. The lowest BCUT2D eigenvalue weighted by Gasteiger charge is -2.32. The van der Waals surface area contributed by atoms with Crippen LogP contribution in [0, 0.1) is 0 Å². The Labute approximate surface area is 175 Å². The Hall–Kier alpha value is -3.20. The highest BCUT2D eigenvalue weighted by molar-refractivity contribution is 7.90. The topological polar surface area (TPSA) is 106 Å². The van der Waals surface area contributed by atoms with Crippen LogP contribution >= 0.6 is 0 Å². The van der Waals surface area contributed by atoms with Gasteiger partial charge in [0.1, 0.15) is 4.90 Å². The van der Waals surface area contributed by atoms with Crippen molar-refractivity contribution in [3.05, 3.63) is 66.5 Å². The minimum absolute atomic E-state index is 0.0436. The summed E-state index contributed by atoms with van der Waals surface area (Å²) in [4.78, 5) is 31.5. The summed E-state index contributed by atoms with van der Waals surface area (Å²) in [6.45, 7) is 1.06. The van der Waals surface area contributed by atoms with Gasteiger partial charge in [-0.1, -0.05) is 0 Å². The molecule has 0 atom stereocenters. The van der Waals surface area contributed by atoms with Gasteiger partial charge in [-0.25, -0.2) is 18.4 Å². The number of sulfone groups is 1. The average molecular weight is 423 g/mol. The maximum Gasteiger partial charge on any atom is 0.253 e. The average Bonchev–Trinajstić information content (AvgIpc) is 2.79. The summed E-state index contributed by atoms with van der Waals surface area (Å²) in [6.07, 6.45) is 10.3. The maximum atomic E-state index is 12.7. The van der Waals surface area contributed by atoms with E-state index in [1.165, 1.54) is 12.5 Å². The van der Waals surface area contributed by atoms with Gasteiger partial charge in [-0.3, -0.25) is 14.8 Å². The molecule has 0 bridgehead atoms. The van der Waals surface area contributed by atoms with E-state index in [0.717, 1.165) is 5.56 Å². The minimum Gasteiger partial charge on any atom is -0.339 e. The lowest BCUT2D eigenvalue weighted by molar-refractivity contribution is 0.0711. The van der Waals surface area contributed by atoms with Crippen LogP contribution in [0.3, 0.4) is 0 Å². The van der Waals surface area contributed by atoms with Crippen molar-refractivity contribution in [2.45, 2.75) is 23.7 Å². The third-order valence-corrected chi connectivity index (χ3v) is 6.31. The molecule has 0 spiro atoms. The summed E-state index contributed by atoms with van der Waals surface area (Å²) in [7, 11) is -3.48. The van der Waals surface area contributed by atoms with Crippen LogP contribution < -0.4 is 0 Å². The smallest absolute Gasteiger partial charge is 0.253 e. The lowest BCUT2D eigenvalue weighted by Crippen LogP contribution is -2.38. The van der Waals surface area contributed by atoms with Gasteiger partial charge in [0, 0.05) is 67.4 Å². The lowest BCUT2D eigenvalue weighted by atomic mass is 9.92. The van der Waals surface area contributed by atoms with Gasteiger partial charge >= 0.3 is 0 Å². The van der Waals surface area contributed by atoms with Gasteiger partial charge in [0.05, 0.1) is 5.69 Å². The monoisotopic (exact) mass is 423 g/mol. The van der Waals surface area contributed by atoms with E-state index < -0.39 is 9.84 Å². The molecule has 0 aromatic carbocycles. The third kappa shape index (κ3) is 4.20.